The number of hydrogen-bond donors (Lipinski definition) is 1. The molecule has 1 aromatic rings. The van der Waals surface area contributed by atoms with Crippen molar-refractivity contribution in [2.45, 2.75) is 57.5 Å². The molecule has 1 aliphatic carbocycles. The Labute approximate surface area is 121 Å². The smallest absolute Gasteiger partial charge is 0.146 e. The fraction of sp³-hybridized carbons (Fsp3) is 0.647. The molecule has 2 nitrogen and oxygen atoms in total. The quantitative estimate of drug-likeness (QED) is 0.887. The van der Waals surface area contributed by atoms with E-state index in [1.54, 1.807) is 6.07 Å². The highest BCUT2D eigenvalue weighted by Crippen LogP contribution is 2.36. The maximum atomic E-state index is 14.4. The zero-order chi connectivity index (χ0) is 14.2. The van der Waals surface area contributed by atoms with E-state index >= 15 is 0 Å². The monoisotopic (exact) mass is 276 g/mol. The molecular weight excluding hydrogens is 251 g/mol. The Morgan fingerprint density at radius 1 is 1.35 bits per heavy atom. The summed E-state index contributed by atoms with van der Waals surface area (Å²) < 4.78 is 14.4. The van der Waals surface area contributed by atoms with Crippen molar-refractivity contribution >= 4 is 5.69 Å². The fourth-order valence-electron chi connectivity index (χ4n) is 3.83. The third-order valence-electron chi connectivity index (χ3n) is 5.07. The van der Waals surface area contributed by atoms with E-state index in [0.29, 0.717) is 6.04 Å². The molecule has 1 aliphatic heterocycles. The second-order valence-electron chi connectivity index (χ2n) is 6.51. The first-order valence-electron chi connectivity index (χ1n) is 7.91. The molecule has 0 radical (unpaired) electrons. The zero-order valence-electron chi connectivity index (χ0n) is 12.6. The number of nitrogens with zero attached hydrogens (tertiary/aromatic N) is 1. The highest BCUT2D eigenvalue weighted by atomic mass is 19.1. The van der Waals surface area contributed by atoms with E-state index in [9.17, 15) is 4.39 Å². The Morgan fingerprint density at radius 2 is 2.10 bits per heavy atom. The lowest BCUT2D eigenvalue weighted by Gasteiger charge is -2.47. The van der Waals surface area contributed by atoms with Gasteiger partial charge in [-0.3, -0.25) is 0 Å². The van der Waals surface area contributed by atoms with Crippen LogP contribution in [0.2, 0.25) is 0 Å². The van der Waals surface area contributed by atoms with Gasteiger partial charge in [0.2, 0.25) is 0 Å². The van der Waals surface area contributed by atoms with E-state index in [0.717, 1.165) is 30.8 Å². The molecule has 1 atom stereocenters. The van der Waals surface area contributed by atoms with Gasteiger partial charge in [0, 0.05) is 24.7 Å². The predicted molar refractivity (Wildman–Crippen MR) is 81.8 cm³/mol. The van der Waals surface area contributed by atoms with Crippen LogP contribution in [0, 0.1) is 12.7 Å². The Bertz CT molecular complexity index is 480. The van der Waals surface area contributed by atoms with Crippen LogP contribution in [0.4, 0.5) is 10.1 Å². The third-order valence-corrected chi connectivity index (χ3v) is 5.07. The molecule has 20 heavy (non-hydrogen) atoms. The van der Waals surface area contributed by atoms with Gasteiger partial charge in [0.05, 0.1) is 5.69 Å². The highest BCUT2D eigenvalue weighted by Gasteiger charge is 2.41. The van der Waals surface area contributed by atoms with Crippen molar-refractivity contribution in [2.24, 2.45) is 0 Å². The molecule has 0 bridgehead atoms. The molecule has 0 amide bonds. The summed E-state index contributed by atoms with van der Waals surface area (Å²) in [6.45, 7) is 6.06. The molecule has 1 heterocycles. The molecular formula is C17H25FN2. The summed E-state index contributed by atoms with van der Waals surface area (Å²) in [6, 6.07) is 6.04. The van der Waals surface area contributed by atoms with E-state index in [1.807, 2.05) is 19.1 Å². The van der Waals surface area contributed by atoms with Gasteiger partial charge in [0.25, 0.3) is 0 Å². The van der Waals surface area contributed by atoms with Crippen LogP contribution in [-0.2, 0) is 0 Å². The second-order valence-corrected chi connectivity index (χ2v) is 6.51. The lowest BCUT2D eigenvalue weighted by atomic mass is 9.91. The summed E-state index contributed by atoms with van der Waals surface area (Å²) in [6.07, 6.45) is 6.11. The minimum atomic E-state index is -0.0708. The van der Waals surface area contributed by atoms with Crippen LogP contribution in [0.25, 0.3) is 0 Å². The van der Waals surface area contributed by atoms with E-state index in [-0.39, 0.29) is 11.4 Å². The van der Waals surface area contributed by atoms with Gasteiger partial charge in [-0.2, -0.15) is 0 Å². The lowest BCUT2D eigenvalue weighted by Crippen LogP contribution is -2.63. The van der Waals surface area contributed by atoms with Gasteiger partial charge < -0.3 is 10.2 Å². The van der Waals surface area contributed by atoms with Crippen molar-refractivity contribution in [2.75, 3.05) is 18.0 Å². The second kappa shape index (κ2) is 5.36. The molecule has 1 spiro atoms. The summed E-state index contributed by atoms with van der Waals surface area (Å²) in [4.78, 5) is 2.32. The number of halogens is 1. The van der Waals surface area contributed by atoms with Gasteiger partial charge in [0.1, 0.15) is 5.82 Å². The van der Waals surface area contributed by atoms with Crippen molar-refractivity contribution in [3.05, 3.63) is 29.6 Å². The molecule has 0 aromatic heterocycles. The standard InChI is InChI=1S/C17H25FN2/c1-3-14-11-19-17(8-4-5-9-17)12-20(14)16-7-6-13(2)10-15(16)18/h6-7,10,14,19H,3-5,8-9,11-12H2,1-2H3. The van der Waals surface area contributed by atoms with Crippen LogP contribution in [0.15, 0.2) is 18.2 Å². The molecule has 2 aliphatic rings. The Kier molecular flexibility index (Phi) is 3.72. The number of nitrogens with one attached hydrogen (secondary N) is 1. The molecule has 110 valence electrons. The van der Waals surface area contributed by atoms with Crippen LogP contribution < -0.4 is 10.2 Å². The minimum Gasteiger partial charge on any atom is -0.363 e. The lowest BCUT2D eigenvalue weighted by molar-refractivity contribution is 0.266. The van der Waals surface area contributed by atoms with Gasteiger partial charge in [-0.1, -0.05) is 25.8 Å². The van der Waals surface area contributed by atoms with Crippen molar-refractivity contribution in [1.29, 1.82) is 0 Å². The van der Waals surface area contributed by atoms with Crippen LogP contribution >= 0.6 is 0 Å². The van der Waals surface area contributed by atoms with Crippen LogP contribution in [-0.4, -0.2) is 24.7 Å². The predicted octanol–water partition coefficient (Wildman–Crippen LogP) is 3.64. The van der Waals surface area contributed by atoms with Crippen LogP contribution in [0.3, 0.4) is 0 Å². The molecule has 2 fully saturated rings. The number of rotatable bonds is 2. The van der Waals surface area contributed by atoms with Gasteiger partial charge in [-0.15, -0.1) is 0 Å². The van der Waals surface area contributed by atoms with Crippen LogP contribution in [0.1, 0.15) is 44.6 Å². The molecule has 1 unspecified atom stereocenters. The van der Waals surface area contributed by atoms with Gasteiger partial charge >= 0.3 is 0 Å². The normalized spacial score (nSPS) is 25.4. The number of anilines is 1. The Morgan fingerprint density at radius 3 is 2.75 bits per heavy atom. The minimum absolute atomic E-state index is 0.0708. The summed E-state index contributed by atoms with van der Waals surface area (Å²) >= 11 is 0. The van der Waals surface area contributed by atoms with Crippen molar-refractivity contribution in [1.82, 2.24) is 5.32 Å². The summed E-state index contributed by atoms with van der Waals surface area (Å²) in [5.41, 5.74) is 2.00. The summed E-state index contributed by atoms with van der Waals surface area (Å²) in [5, 5.41) is 3.76. The van der Waals surface area contributed by atoms with Crippen molar-refractivity contribution in [3.63, 3.8) is 0 Å². The van der Waals surface area contributed by atoms with Gasteiger partial charge in [-0.25, -0.2) is 4.39 Å². The number of aryl methyl sites for hydroxylation is 1. The first-order chi connectivity index (χ1) is 9.63. The Balaban J connectivity index is 1.90. The molecule has 1 aromatic carbocycles. The van der Waals surface area contributed by atoms with Gasteiger partial charge in [0.15, 0.2) is 0 Å². The largest absolute Gasteiger partial charge is 0.363 e. The van der Waals surface area contributed by atoms with Crippen LogP contribution in [0.5, 0.6) is 0 Å². The first-order valence-corrected chi connectivity index (χ1v) is 7.91. The van der Waals surface area contributed by atoms with Gasteiger partial charge in [-0.05, 0) is 43.9 Å². The number of piperazine rings is 1. The molecule has 3 rings (SSSR count). The SMILES string of the molecule is CCC1CNC2(CCCC2)CN1c1ccc(C)cc1F. The molecule has 1 N–H and O–H groups in total. The average Bonchev–Trinajstić information content (AvgIpc) is 2.87. The van der Waals surface area contributed by atoms with E-state index in [1.165, 1.54) is 25.7 Å². The van der Waals surface area contributed by atoms with Crippen molar-refractivity contribution < 1.29 is 4.39 Å². The third kappa shape index (κ3) is 2.44. The molecule has 1 saturated heterocycles. The number of hydrogen-bond acceptors (Lipinski definition) is 2. The maximum Gasteiger partial charge on any atom is 0.146 e. The van der Waals surface area contributed by atoms with E-state index in [4.69, 9.17) is 0 Å². The highest BCUT2D eigenvalue weighted by molar-refractivity contribution is 5.51. The average molecular weight is 276 g/mol. The number of benzene rings is 1. The maximum absolute atomic E-state index is 14.4. The summed E-state index contributed by atoms with van der Waals surface area (Å²) in [7, 11) is 0. The first kappa shape index (κ1) is 13.9. The zero-order valence-corrected chi connectivity index (χ0v) is 12.6. The molecule has 3 heteroatoms. The Hall–Kier alpha value is -1.09. The summed E-state index contributed by atoms with van der Waals surface area (Å²) in [5.74, 6) is -0.0708. The molecule has 1 saturated carbocycles. The topological polar surface area (TPSA) is 15.3 Å². The fourth-order valence-corrected chi connectivity index (χ4v) is 3.83. The van der Waals surface area contributed by atoms with E-state index < -0.39 is 0 Å². The van der Waals surface area contributed by atoms with E-state index in [2.05, 4.69) is 17.1 Å². The van der Waals surface area contributed by atoms with Crippen molar-refractivity contribution in [3.8, 4) is 0 Å².